The van der Waals surface area contributed by atoms with Crippen LogP contribution in [0.1, 0.15) is 65.0 Å². The molecule has 0 fully saturated rings. The van der Waals surface area contributed by atoms with Crippen LogP contribution in [0.3, 0.4) is 0 Å². The van der Waals surface area contributed by atoms with E-state index in [0.717, 1.165) is 11.1 Å². The number of phenols is 1. The van der Waals surface area contributed by atoms with E-state index in [-0.39, 0.29) is 29.4 Å². The molecule has 0 unspecified atom stereocenters. The molecule has 6 atom stereocenters. The number of hydrogen-bond donors (Lipinski definition) is 4. The lowest BCUT2D eigenvalue weighted by Gasteiger charge is -2.29. The number of aliphatic hydroxyl groups is 1. The first-order valence-electron chi connectivity index (χ1n) is 13.0. The fourth-order valence-electron chi connectivity index (χ4n) is 5.02. The molecule has 1 aromatic carbocycles. The number of aromatic hydroxyl groups is 1. The van der Waals surface area contributed by atoms with Gasteiger partial charge in [0.1, 0.15) is 11.9 Å². The van der Waals surface area contributed by atoms with Gasteiger partial charge in [0.2, 0.25) is 0 Å². The monoisotopic (exact) mass is 516 g/mol. The first-order chi connectivity index (χ1) is 17.3. The van der Waals surface area contributed by atoms with Crippen LogP contribution in [0.15, 0.2) is 35.4 Å². The summed E-state index contributed by atoms with van der Waals surface area (Å²) in [5.74, 6) is -0.326. The smallest absolute Gasteiger partial charge is 0.405 e. The highest BCUT2D eigenvalue weighted by Gasteiger charge is 2.28. The van der Waals surface area contributed by atoms with E-state index in [9.17, 15) is 19.8 Å². The number of rotatable bonds is 2. The molecule has 206 valence electrons. The number of benzene rings is 1. The van der Waals surface area contributed by atoms with E-state index in [1.54, 1.807) is 27.0 Å². The number of ether oxygens (including phenoxy) is 2. The van der Waals surface area contributed by atoms with Crippen LogP contribution in [-0.2, 0) is 20.7 Å². The lowest BCUT2D eigenvalue weighted by atomic mass is 9.87. The quantitative estimate of drug-likeness (QED) is 0.409. The second-order valence-corrected chi connectivity index (χ2v) is 10.6. The minimum atomic E-state index is -0.855. The van der Waals surface area contributed by atoms with Crippen molar-refractivity contribution in [2.24, 2.45) is 23.5 Å². The second-order valence-electron chi connectivity index (χ2n) is 10.6. The Morgan fingerprint density at radius 2 is 1.84 bits per heavy atom. The van der Waals surface area contributed by atoms with E-state index in [2.05, 4.69) is 12.2 Å². The summed E-state index contributed by atoms with van der Waals surface area (Å²) < 4.78 is 11.1. The molecule has 1 aliphatic heterocycles. The standard InChI is InChI=1S/C29H44N2O6/c1-16-11-22-14-23(21(6)24(32)15-22)31-28(34)18(3)10-8-9-17(2)27(37-29(30)35)20(5)13-19(4)26(33)25(12-16)36-7/h10,13-17,19,25-27,32-33H,8-9,11-12H2,1-7H3,(H2,30,35)(H,31,34)/b18-10+,20-13+/t16-,17+,19+,25+,26-,27-/m1/s1. The van der Waals surface area contributed by atoms with E-state index >= 15 is 0 Å². The van der Waals surface area contributed by atoms with Crippen LogP contribution in [0.25, 0.3) is 0 Å². The van der Waals surface area contributed by atoms with Crippen molar-refractivity contribution in [3.63, 3.8) is 0 Å². The summed E-state index contributed by atoms with van der Waals surface area (Å²) in [4.78, 5) is 24.5. The minimum absolute atomic E-state index is 0.0728. The van der Waals surface area contributed by atoms with E-state index in [0.29, 0.717) is 42.5 Å². The van der Waals surface area contributed by atoms with Gasteiger partial charge >= 0.3 is 6.09 Å². The molecular formula is C29H44N2O6. The number of methoxy groups -OCH3 is 1. The largest absolute Gasteiger partial charge is 0.508 e. The molecule has 37 heavy (non-hydrogen) atoms. The SMILES string of the molecule is CO[C@H]1C[C@H](C)Cc2cc(O)c(C)c(c2)NC(=O)/C(C)=C/CC[C@H](C)[C@@H](OC(N)=O)/C(C)=C/[C@H](C)[C@H]1O. The first kappa shape index (κ1) is 30.4. The number of hydrogen-bond acceptors (Lipinski definition) is 6. The zero-order valence-corrected chi connectivity index (χ0v) is 23.2. The van der Waals surface area contributed by atoms with E-state index < -0.39 is 24.4 Å². The van der Waals surface area contributed by atoms with Gasteiger partial charge in [-0.15, -0.1) is 0 Å². The third-order valence-corrected chi connectivity index (χ3v) is 7.29. The molecule has 1 aliphatic rings. The lowest BCUT2D eigenvalue weighted by Crippen LogP contribution is -2.35. The normalized spacial score (nSPS) is 31.4. The molecule has 1 heterocycles. The minimum Gasteiger partial charge on any atom is -0.508 e. The number of aliphatic hydroxyl groups excluding tert-OH is 1. The summed E-state index contributed by atoms with van der Waals surface area (Å²) in [6, 6.07) is 3.62. The van der Waals surface area contributed by atoms with Gasteiger partial charge in [0.05, 0.1) is 12.2 Å². The Bertz CT molecular complexity index is 1020. The molecule has 0 aromatic heterocycles. The second kappa shape index (κ2) is 13.6. The van der Waals surface area contributed by atoms with Crippen molar-refractivity contribution in [2.75, 3.05) is 12.4 Å². The van der Waals surface area contributed by atoms with Crippen LogP contribution in [0.2, 0.25) is 0 Å². The van der Waals surface area contributed by atoms with Gasteiger partial charge in [0, 0.05) is 29.9 Å². The molecular weight excluding hydrogens is 472 g/mol. The number of amides is 2. The fourth-order valence-corrected chi connectivity index (χ4v) is 5.02. The van der Waals surface area contributed by atoms with Crippen molar-refractivity contribution in [1.29, 1.82) is 0 Å². The number of anilines is 1. The van der Waals surface area contributed by atoms with Crippen molar-refractivity contribution in [3.05, 3.63) is 46.6 Å². The number of phenolic OH excluding ortho intramolecular Hbond substituents is 1. The topological polar surface area (TPSA) is 131 Å². The highest BCUT2D eigenvalue weighted by molar-refractivity contribution is 6.03. The van der Waals surface area contributed by atoms with Crippen molar-refractivity contribution >= 4 is 17.7 Å². The van der Waals surface area contributed by atoms with Gasteiger partial charge in [-0.25, -0.2) is 4.79 Å². The Labute approximate surface area is 220 Å². The molecule has 0 radical (unpaired) electrons. The van der Waals surface area contributed by atoms with Gasteiger partial charge in [-0.1, -0.05) is 32.9 Å². The van der Waals surface area contributed by atoms with Gasteiger partial charge in [-0.2, -0.15) is 0 Å². The van der Waals surface area contributed by atoms with Gasteiger partial charge < -0.3 is 30.7 Å². The number of primary amides is 1. The summed E-state index contributed by atoms with van der Waals surface area (Å²) in [6.07, 6.45) is 3.63. The van der Waals surface area contributed by atoms with Crippen molar-refractivity contribution in [3.8, 4) is 5.75 Å². The Morgan fingerprint density at radius 3 is 2.46 bits per heavy atom. The molecule has 8 nitrogen and oxygen atoms in total. The van der Waals surface area contributed by atoms with Crippen LogP contribution in [-0.4, -0.2) is 47.6 Å². The third-order valence-electron chi connectivity index (χ3n) is 7.29. The Kier molecular flexibility index (Phi) is 11.2. The molecule has 2 amide bonds. The molecule has 0 aliphatic carbocycles. The number of fused-ring (bicyclic) bond motifs is 2. The van der Waals surface area contributed by atoms with Crippen LogP contribution in [0.5, 0.6) is 5.75 Å². The average Bonchev–Trinajstić information content (AvgIpc) is 2.82. The van der Waals surface area contributed by atoms with Gasteiger partial charge in [0.25, 0.3) is 5.91 Å². The summed E-state index contributed by atoms with van der Waals surface area (Å²) in [7, 11) is 1.58. The highest BCUT2D eigenvalue weighted by atomic mass is 16.6. The third kappa shape index (κ3) is 8.61. The molecule has 0 spiro atoms. The molecule has 0 saturated carbocycles. The van der Waals surface area contributed by atoms with E-state index in [1.165, 1.54) is 0 Å². The van der Waals surface area contributed by atoms with Gasteiger partial charge in [-0.3, -0.25) is 4.79 Å². The molecule has 1 aromatic rings. The number of allylic oxidation sites excluding steroid dienone is 1. The predicted molar refractivity (Wildman–Crippen MR) is 145 cm³/mol. The summed E-state index contributed by atoms with van der Waals surface area (Å²) in [5, 5.41) is 24.6. The predicted octanol–water partition coefficient (Wildman–Crippen LogP) is 5.01. The Morgan fingerprint density at radius 1 is 1.16 bits per heavy atom. The van der Waals surface area contributed by atoms with Crippen LogP contribution >= 0.6 is 0 Å². The molecule has 8 heteroatoms. The van der Waals surface area contributed by atoms with Crippen molar-refractivity contribution < 1.29 is 29.3 Å². The van der Waals surface area contributed by atoms with Crippen LogP contribution in [0, 0.1) is 24.7 Å². The van der Waals surface area contributed by atoms with E-state index in [1.807, 2.05) is 39.0 Å². The number of carbonyl (C=O) groups excluding carboxylic acids is 2. The molecule has 2 bridgehead atoms. The zero-order chi connectivity index (χ0) is 27.9. The summed E-state index contributed by atoms with van der Waals surface area (Å²) in [6.45, 7) is 11.3. The van der Waals surface area contributed by atoms with Crippen molar-refractivity contribution in [2.45, 2.75) is 85.5 Å². The van der Waals surface area contributed by atoms with Gasteiger partial charge in [0.15, 0.2) is 0 Å². The summed E-state index contributed by atoms with van der Waals surface area (Å²) >= 11 is 0. The molecule has 0 saturated heterocycles. The average molecular weight is 517 g/mol. The fraction of sp³-hybridized carbons (Fsp3) is 0.586. The summed E-state index contributed by atoms with van der Waals surface area (Å²) in [5.41, 5.74) is 8.78. The van der Waals surface area contributed by atoms with Crippen LogP contribution < -0.4 is 11.1 Å². The number of nitrogens with two attached hydrogens (primary N) is 1. The Hall–Kier alpha value is -2.84. The molecule has 2 rings (SSSR count). The lowest BCUT2D eigenvalue weighted by molar-refractivity contribution is -0.112. The maximum atomic E-state index is 12.9. The highest BCUT2D eigenvalue weighted by Crippen LogP contribution is 2.31. The van der Waals surface area contributed by atoms with Gasteiger partial charge in [-0.05, 0) is 81.6 Å². The number of nitrogens with one attached hydrogen (secondary N) is 1. The van der Waals surface area contributed by atoms with Crippen LogP contribution in [0.4, 0.5) is 10.5 Å². The van der Waals surface area contributed by atoms with Crippen molar-refractivity contribution in [1.82, 2.24) is 0 Å². The maximum Gasteiger partial charge on any atom is 0.405 e. The molecule has 5 N–H and O–H groups in total. The zero-order valence-electron chi connectivity index (χ0n) is 23.2. The number of carbonyl (C=O) groups is 2. The Balaban J connectivity index is 2.47. The van der Waals surface area contributed by atoms with E-state index in [4.69, 9.17) is 15.2 Å². The first-order valence-corrected chi connectivity index (χ1v) is 13.0. The maximum absolute atomic E-state index is 12.9.